The Morgan fingerprint density at radius 2 is 0.487 bits per heavy atom. The summed E-state index contributed by atoms with van der Waals surface area (Å²) >= 11 is 9.84. The molecule has 0 aliphatic heterocycles. The topological polar surface area (TPSA) is 0 Å². The van der Waals surface area contributed by atoms with Gasteiger partial charge in [0.1, 0.15) is 0 Å². The Kier molecular flexibility index (Phi) is 75.9. The van der Waals surface area contributed by atoms with Crippen LogP contribution < -0.4 is 0 Å². The molecule has 0 spiro atoms. The molecule has 39 heavy (non-hydrogen) atoms. The molecule has 0 fully saturated rings. The molecule has 0 saturated heterocycles. The van der Waals surface area contributed by atoms with Crippen molar-refractivity contribution in [2.45, 2.75) is 208 Å². The molecule has 0 aliphatic carbocycles. The van der Waals surface area contributed by atoms with E-state index in [4.69, 9.17) is 25.3 Å². The average Bonchev–Trinajstić information content (AvgIpc) is 2.95. The van der Waals surface area contributed by atoms with Crippen LogP contribution in [-0.4, -0.2) is 35.4 Å². The van der Waals surface area contributed by atoms with Crippen LogP contribution in [0.15, 0.2) is 0 Å². The Labute approximate surface area is 280 Å². The van der Waals surface area contributed by atoms with Gasteiger partial charge in [-0.15, -0.1) is 0 Å². The molecule has 0 heterocycles. The van der Waals surface area contributed by atoms with Gasteiger partial charge in [0.2, 0.25) is 0 Å². The summed E-state index contributed by atoms with van der Waals surface area (Å²) in [4.78, 5) is 0. The Bertz CT molecular complexity index is 254. The van der Waals surface area contributed by atoms with Crippen molar-refractivity contribution in [3.05, 3.63) is 12.8 Å². The minimum absolute atomic E-state index is 0. The van der Waals surface area contributed by atoms with Crippen LogP contribution in [0.1, 0.15) is 208 Å². The monoisotopic (exact) mass is 692 g/mol. The zero-order chi connectivity index (χ0) is 29.2. The van der Waals surface area contributed by atoms with E-state index in [1.165, 1.54) is 167 Å². The quantitative estimate of drug-likeness (QED) is 0.0503. The predicted molar refractivity (Wildman–Crippen MR) is 193 cm³/mol. The normalized spacial score (nSPS) is 9.85. The van der Waals surface area contributed by atoms with Gasteiger partial charge in [0.25, 0.3) is 0 Å². The van der Waals surface area contributed by atoms with Gasteiger partial charge in [-0.3, -0.25) is 0 Å². The Balaban J connectivity index is -0.000000152. The van der Waals surface area contributed by atoms with Gasteiger partial charge in [-0.1, -0.05) is 208 Å². The number of hydrogen-bond donors (Lipinski definition) is 0. The van der Waals surface area contributed by atoms with Gasteiger partial charge in [0.15, 0.2) is 0 Å². The maximum Gasteiger partial charge on any atom is 2.00 e. The van der Waals surface area contributed by atoms with Crippen molar-refractivity contribution in [3.8, 4) is 0 Å². The summed E-state index contributed by atoms with van der Waals surface area (Å²) in [6, 6.07) is 0. The Hall–Kier alpha value is 1.50. The van der Waals surface area contributed by atoms with Gasteiger partial charge < -0.3 is 25.3 Å². The van der Waals surface area contributed by atoms with E-state index < -0.39 is 0 Å². The van der Waals surface area contributed by atoms with Gasteiger partial charge in [0.05, 0.1) is 0 Å². The summed E-state index contributed by atoms with van der Waals surface area (Å²) in [6.45, 7) is 12.9. The summed E-state index contributed by atoms with van der Waals surface area (Å²) < 4.78 is 0. The molecule has 0 aromatic carbocycles. The van der Waals surface area contributed by atoms with Crippen molar-refractivity contribution in [2.75, 3.05) is 11.5 Å². The SMILES string of the molecule is CCCCCCCCCCCCCC[S-].CCCCCCCCCCCCCC[S-].C[CH]CC.C[CH]CC.[Sn+2]. The van der Waals surface area contributed by atoms with Crippen LogP contribution in [0.5, 0.6) is 0 Å². The van der Waals surface area contributed by atoms with Crippen molar-refractivity contribution in [2.24, 2.45) is 0 Å². The van der Waals surface area contributed by atoms with Gasteiger partial charge in [0, 0.05) is 0 Å². The van der Waals surface area contributed by atoms with Gasteiger partial charge in [-0.25, -0.2) is 0 Å². The first-order valence-corrected chi connectivity index (χ1v) is 18.5. The fraction of sp³-hybridized carbons (Fsp3) is 0.944. The summed E-state index contributed by atoms with van der Waals surface area (Å²) in [5.74, 6) is 1.91. The van der Waals surface area contributed by atoms with Crippen LogP contribution in [0.2, 0.25) is 0 Å². The molecule has 0 bridgehead atoms. The maximum atomic E-state index is 4.92. The third-order valence-electron chi connectivity index (χ3n) is 6.81. The van der Waals surface area contributed by atoms with E-state index in [1.54, 1.807) is 0 Å². The van der Waals surface area contributed by atoms with Gasteiger partial charge in [-0.2, -0.15) is 11.5 Å². The summed E-state index contributed by atoms with van der Waals surface area (Å²) in [6.07, 6.45) is 40.7. The summed E-state index contributed by atoms with van der Waals surface area (Å²) in [5.41, 5.74) is 0. The third kappa shape index (κ3) is 73.4. The molecule has 0 aliphatic rings. The van der Waals surface area contributed by atoms with Crippen molar-refractivity contribution in [1.82, 2.24) is 0 Å². The van der Waals surface area contributed by atoms with E-state index >= 15 is 0 Å². The molecule has 0 aromatic rings. The van der Waals surface area contributed by atoms with Crippen LogP contribution in [0.4, 0.5) is 0 Å². The molecule has 0 saturated carbocycles. The second kappa shape index (κ2) is 59.0. The van der Waals surface area contributed by atoms with E-state index in [0.29, 0.717) is 0 Å². The molecule has 0 atom stereocenters. The first kappa shape index (κ1) is 50.1. The van der Waals surface area contributed by atoms with Crippen LogP contribution in [0.25, 0.3) is 0 Å². The van der Waals surface area contributed by atoms with Crippen LogP contribution in [0.3, 0.4) is 0 Å². The van der Waals surface area contributed by atoms with Crippen LogP contribution in [-0.2, 0) is 25.3 Å². The van der Waals surface area contributed by atoms with Crippen LogP contribution in [0, 0.1) is 12.8 Å². The van der Waals surface area contributed by atoms with Crippen molar-refractivity contribution in [1.29, 1.82) is 0 Å². The average molecular weight is 692 g/mol. The van der Waals surface area contributed by atoms with E-state index in [2.05, 4.69) is 54.4 Å². The van der Waals surface area contributed by atoms with Crippen molar-refractivity contribution < 1.29 is 0 Å². The summed E-state index contributed by atoms with van der Waals surface area (Å²) in [7, 11) is 0. The largest absolute Gasteiger partial charge is 2.00 e. The second-order valence-corrected chi connectivity index (χ2v) is 11.6. The molecule has 0 aromatic heterocycles. The molecular formula is C36H76S2Sn. The standard InChI is InChI=1S/2C14H30S.2C4H9.Sn/c2*1-2-3-4-5-6-7-8-9-10-11-12-13-14-15;2*1-3-4-2;/h2*15H,2-14H2,1H3;2*3H,4H2,1-2H3;/q;;;;+2/p-2. The molecular weight excluding hydrogens is 615 g/mol. The molecule has 0 nitrogen and oxygen atoms in total. The number of unbranched alkanes of at least 4 members (excludes halogenated alkanes) is 24. The molecule has 0 rings (SSSR count). The number of rotatable bonds is 26. The van der Waals surface area contributed by atoms with Crippen LogP contribution >= 0.6 is 0 Å². The minimum atomic E-state index is 0. The van der Waals surface area contributed by atoms with E-state index in [-0.39, 0.29) is 23.9 Å². The maximum absolute atomic E-state index is 4.92. The predicted octanol–water partition coefficient (Wildman–Crippen LogP) is 13.3. The Morgan fingerprint density at radius 1 is 0.333 bits per heavy atom. The minimum Gasteiger partial charge on any atom is -0.793 e. The third-order valence-corrected chi connectivity index (χ3v) is 7.39. The summed E-state index contributed by atoms with van der Waals surface area (Å²) in [5, 5.41) is 0. The fourth-order valence-corrected chi connectivity index (χ4v) is 4.29. The van der Waals surface area contributed by atoms with Gasteiger partial charge >= 0.3 is 23.9 Å². The first-order chi connectivity index (χ1) is 18.7. The van der Waals surface area contributed by atoms with Gasteiger partial charge in [-0.05, 0) is 12.8 Å². The second-order valence-electron chi connectivity index (χ2n) is 10.8. The van der Waals surface area contributed by atoms with E-state index in [0.717, 1.165) is 11.5 Å². The van der Waals surface area contributed by atoms with E-state index in [1.807, 2.05) is 0 Å². The smallest absolute Gasteiger partial charge is 0.793 e. The fourth-order valence-electron chi connectivity index (χ4n) is 3.89. The zero-order valence-corrected chi connectivity index (χ0v) is 32.8. The molecule has 3 heteroatoms. The number of hydrogen-bond acceptors (Lipinski definition) is 2. The molecule has 236 valence electrons. The zero-order valence-electron chi connectivity index (χ0n) is 28.3. The van der Waals surface area contributed by atoms with E-state index in [9.17, 15) is 0 Å². The first-order valence-electron chi connectivity index (χ1n) is 17.4. The molecule has 0 N–H and O–H groups in total. The molecule has 0 amide bonds. The molecule has 4 radical (unpaired) electrons. The Morgan fingerprint density at radius 3 is 0.615 bits per heavy atom. The van der Waals surface area contributed by atoms with Crippen molar-refractivity contribution >= 4 is 49.2 Å². The van der Waals surface area contributed by atoms with Crippen molar-refractivity contribution in [3.63, 3.8) is 0 Å². The molecule has 0 unspecified atom stereocenters.